The van der Waals surface area contributed by atoms with Gasteiger partial charge in [0.1, 0.15) is 5.69 Å². The Labute approximate surface area is 133 Å². The molecular formula is C13H21N5O3S. The molecule has 0 spiro atoms. The molecule has 1 saturated heterocycles. The largest absolute Gasteiger partial charge is 0.378 e. The number of ether oxygens (including phenoxy) is 1. The molecule has 22 heavy (non-hydrogen) atoms. The van der Waals surface area contributed by atoms with Gasteiger partial charge in [-0.05, 0) is 5.92 Å². The van der Waals surface area contributed by atoms with Crippen LogP contribution in [0.4, 0.5) is 9.93 Å². The van der Waals surface area contributed by atoms with Crippen LogP contribution in [0.5, 0.6) is 0 Å². The Morgan fingerprint density at radius 1 is 1.36 bits per heavy atom. The Hall–Kier alpha value is -1.87. The molecule has 1 fully saturated rings. The summed E-state index contributed by atoms with van der Waals surface area (Å²) in [5.41, 5.74) is 4.93. The minimum atomic E-state index is -0.439. The minimum absolute atomic E-state index is 0.288. The highest BCUT2D eigenvalue weighted by molar-refractivity contribution is 7.13. The molecule has 1 aliphatic rings. The zero-order chi connectivity index (χ0) is 15.9. The van der Waals surface area contributed by atoms with Crippen LogP contribution in [0.15, 0.2) is 5.38 Å². The second-order valence-electron chi connectivity index (χ2n) is 5.30. The Morgan fingerprint density at radius 2 is 2.09 bits per heavy atom. The highest BCUT2D eigenvalue weighted by atomic mass is 32.1. The average molecular weight is 327 g/mol. The summed E-state index contributed by atoms with van der Waals surface area (Å²) in [5, 5.41) is 5.11. The number of aromatic nitrogens is 1. The van der Waals surface area contributed by atoms with Crippen molar-refractivity contribution in [2.24, 2.45) is 5.92 Å². The number of carbonyl (C=O) groups excluding carboxylic acids is 2. The fourth-order valence-corrected chi connectivity index (χ4v) is 2.65. The molecule has 8 nitrogen and oxygen atoms in total. The minimum Gasteiger partial charge on any atom is -0.378 e. The molecule has 1 aromatic rings. The number of hydrazine groups is 1. The van der Waals surface area contributed by atoms with E-state index in [9.17, 15) is 9.59 Å². The van der Waals surface area contributed by atoms with Crippen molar-refractivity contribution in [3.05, 3.63) is 11.1 Å². The highest BCUT2D eigenvalue weighted by Crippen LogP contribution is 2.21. The second kappa shape index (κ2) is 7.95. The number of anilines is 1. The van der Waals surface area contributed by atoms with Crippen molar-refractivity contribution in [2.75, 3.05) is 37.7 Å². The Bertz CT molecular complexity index is 514. The van der Waals surface area contributed by atoms with Gasteiger partial charge in [0.05, 0.1) is 13.2 Å². The van der Waals surface area contributed by atoms with Crippen molar-refractivity contribution in [2.45, 2.75) is 13.8 Å². The molecule has 0 aliphatic carbocycles. The Morgan fingerprint density at radius 3 is 2.77 bits per heavy atom. The van der Waals surface area contributed by atoms with Gasteiger partial charge >= 0.3 is 6.03 Å². The summed E-state index contributed by atoms with van der Waals surface area (Å²) < 4.78 is 5.28. The molecule has 3 N–H and O–H groups in total. The van der Waals surface area contributed by atoms with E-state index in [2.05, 4.69) is 26.1 Å². The van der Waals surface area contributed by atoms with Gasteiger partial charge in [-0.25, -0.2) is 15.2 Å². The number of nitrogens with zero attached hydrogens (tertiary/aromatic N) is 2. The van der Waals surface area contributed by atoms with Gasteiger partial charge in [-0.1, -0.05) is 13.8 Å². The van der Waals surface area contributed by atoms with E-state index in [1.807, 2.05) is 13.8 Å². The highest BCUT2D eigenvalue weighted by Gasteiger charge is 2.17. The van der Waals surface area contributed by atoms with Crippen molar-refractivity contribution in [3.8, 4) is 0 Å². The van der Waals surface area contributed by atoms with Gasteiger partial charge < -0.3 is 15.0 Å². The number of carbonyl (C=O) groups is 2. The van der Waals surface area contributed by atoms with Crippen LogP contribution in [-0.2, 0) is 4.74 Å². The third kappa shape index (κ3) is 4.85. The van der Waals surface area contributed by atoms with Crippen LogP contribution in [0.25, 0.3) is 0 Å². The number of thiazole rings is 1. The molecule has 0 saturated carbocycles. The van der Waals surface area contributed by atoms with Gasteiger partial charge in [-0.3, -0.25) is 10.2 Å². The smallest absolute Gasteiger partial charge is 0.333 e. The van der Waals surface area contributed by atoms with Gasteiger partial charge in [0.25, 0.3) is 5.91 Å². The van der Waals surface area contributed by atoms with Crippen molar-refractivity contribution < 1.29 is 14.3 Å². The fourth-order valence-electron chi connectivity index (χ4n) is 1.79. The quantitative estimate of drug-likeness (QED) is 0.703. The van der Waals surface area contributed by atoms with E-state index in [0.717, 1.165) is 18.2 Å². The molecule has 122 valence electrons. The lowest BCUT2D eigenvalue weighted by Crippen LogP contribution is -2.47. The number of urea groups is 1. The summed E-state index contributed by atoms with van der Waals surface area (Å²) in [7, 11) is 0. The average Bonchev–Trinajstić information content (AvgIpc) is 3.01. The molecule has 2 heterocycles. The lowest BCUT2D eigenvalue weighted by atomic mass is 10.2. The Kier molecular flexibility index (Phi) is 5.96. The van der Waals surface area contributed by atoms with Crippen LogP contribution in [0.2, 0.25) is 0 Å². The first kappa shape index (κ1) is 16.5. The summed E-state index contributed by atoms with van der Waals surface area (Å²) in [4.78, 5) is 29.8. The van der Waals surface area contributed by atoms with E-state index < -0.39 is 11.9 Å². The van der Waals surface area contributed by atoms with Crippen molar-refractivity contribution in [3.63, 3.8) is 0 Å². The van der Waals surface area contributed by atoms with E-state index in [0.29, 0.717) is 25.7 Å². The zero-order valence-corrected chi connectivity index (χ0v) is 13.5. The number of hydrogen-bond acceptors (Lipinski definition) is 6. The molecule has 0 aromatic carbocycles. The number of rotatable bonds is 4. The molecule has 3 amide bonds. The van der Waals surface area contributed by atoms with E-state index in [4.69, 9.17) is 4.74 Å². The molecule has 0 bridgehead atoms. The van der Waals surface area contributed by atoms with Crippen LogP contribution in [0.1, 0.15) is 24.3 Å². The zero-order valence-electron chi connectivity index (χ0n) is 12.7. The first-order chi connectivity index (χ1) is 10.6. The molecule has 9 heteroatoms. The summed E-state index contributed by atoms with van der Waals surface area (Å²) in [5.74, 6) is -0.0912. The van der Waals surface area contributed by atoms with Gasteiger partial charge in [-0.2, -0.15) is 0 Å². The molecule has 1 aliphatic heterocycles. The topological polar surface area (TPSA) is 95.6 Å². The van der Waals surface area contributed by atoms with Gasteiger partial charge in [0.15, 0.2) is 5.13 Å². The maximum atomic E-state index is 11.9. The maximum absolute atomic E-state index is 11.9. The lowest BCUT2D eigenvalue weighted by Gasteiger charge is -2.25. The number of morpholine rings is 1. The van der Waals surface area contributed by atoms with Crippen molar-refractivity contribution in [1.82, 2.24) is 21.2 Å². The van der Waals surface area contributed by atoms with Crippen LogP contribution < -0.4 is 21.1 Å². The van der Waals surface area contributed by atoms with E-state index in [1.165, 1.54) is 11.3 Å². The first-order valence-electron chi connectivity index (χ1n) is 7.18. The second-order valence-corrected chi connectivity index (χ2v) is 6.13. The van der Waals surface area contributed by atoms with Crippen LogP contribution in [0.3, 0.4) is 0 Å². The fraction of sp³-hybridized carbons (Fsp3) is 0.615. The number of hydrogen-bond donors (Lipinski definition) is 3. The van der Waals surface area contributed by atoms with Crippen LogP contribution in [-0.4, -0.2) is 49.8 Å². The molecule has 0 unspecified atom stereocenters. The summed E-state index contributed by atoms with van der Waals surface area (Å²) in [6.07, 6.45) is 0. The third-order valence-corrected chi connectivity index (χ3v) is 3.87. The summed E-state index contributed by atoms with van der Waals surface area (Å²) in [6, 6.07) is -0.439. The van der Waals surface area contributed by atoms with E-state index in [1.54, 1.807) is 5.38 Å². The number of nitrogens with one attached hydrogen (secondary N) is 3. The van der Waals surface area contributed by atoms with E-state index in [-0.39, 0.29) is 5.69 Å². The van der Waals surface area contributed by atoms with Gasteiger partial charge in [0, 0.05) is 25.0 Å². The van der Waals surface area contributed by atoms with Gasteiger partial charge in [0.2, 0.25) is 0 Å². The molecule has 2 rings (SSSR count). The van der Waals surface area contributed by atoms with Crippen molar-refractivity contribution >= 4 is 28.4 Å². The molecular weight excluding hydrogens is 306 g/mol. The monoisotopic (exact) mass is 327 g/mol. The summed E-state index contributed by atoms with van der Waals surface area (Å²) >= 11 is 1.40. The van der Waals surface area contributed by atoms with Crippen molar-refractivity contribution in [1.29, 1.82) is 0 Å². The van der Waals surface area contributed by atoms with Crippen LogP contribution >= 0.6 is 11.3 Å². The lowest BCUT2D eigenvalue weighted by molar-refractivity contribution is 0.0932. The van der Waals surface area contributed by atoms with Gasteiger partial charge in [-0.15, -0.1) is 11.3 Å². The first-order valence-corrected chi connectivity index (χ1v) is 8.06. The van der Waals surface area contributed by atoms with E-state index >= 15 is 0 Å². The molecule has 0 radical (unpaired) electrons. The predicted octanol–water partition coefficient (Wildman–Crippen LogP) is 0.580. The molecule has 0 atom stereocenters. The standard InChI is InChI=1S/C13H21N5O3S/c1-9(2)7-14-12(20)17-16-11(19)10-8-22-13(15-10)18-3-5-21-6-4-18/h8-9H,3-7H2,1-2H3,(H,16,19)(H2,14,17,20). The normalized spacial score (nSPS) is 14.8. The third-order valence-electron chi connectivity index (χ3n) is 2.97. The number of amides is 3. The maximum Gasteiger partial charge on any atom is 0.333 e. The SMILES string of the molecule is CC(C)CNC(=O)NNC(=O)c1csc(N2CCOCC2)n1. The Balaban J connectivity index is 1.80. The van der Waals surface area contributed by atoms with Crippen LogP contribution in [0, 0.1) is 5.92 Å². The molecule has 1 aromatic heterocycles. The summed E-state index contributed by atoms with van der Waals surface area (Å²) in [6.45, 7) is 7.38. The predicted molar refractivity (Wildman–Crippen MR) is 84.0 cm³/mol.